The van der Waals surface area contributed by atoms with Crippen LogP contribution in [0.3, 0.4) is 0 Å². The van der Waals surface area contributed by atoms with Crippen LogP contribution in [-0.4, -0.2) is 78.5 Å². The number of nitrogens with one attached hydrogen (secondary N) is 1. The van der Waals surface area contributed by atoms with Gasteiger partial charge >= 0.3 is 24.1 Å². The van der Waals surface area contributed by atoms with E-state index in [0.717, 1.165) is 0 Å². The number of aromatic nitrogens is 2. The van der Waals surface area contributed by atoms with Gasteiger partial charge in [-0.3, -0.25) is 9.59 Å². The van der Waals surface area contributed by atoms with E-state index >= 15 is 0 Å². The van der Waals surface area contributed by atoms with E-state index < -0.39 is 46.7 Å². The molecule has 1 aromatic carbocycles. The van der Waals surface area contributed by atoms with Gasteiger partial charge in [0, 0.05) is 42.7 Å². The number of likely N-dealkylation sites (N-methyl/N-ethyl adjacent to an activating group) is 1. The van der Waals surface area contributed by atoms with E-state index in [1.807, 2.05) is 0 Å². The van der Waals surface area contributed by atoms with Crippen molar-refractivity contribution >= 4 is 35.0 Å². The highest BCUT2D eigenvalue weighted by atomic mass is 19.1. The number of halogens is 1. The molecule has 0 radical (unpaired) electrons. The Kier molecular flexibility index (Phi) is 9.08. The Morgan fingerprint density at radius 2 is 1.88 bits per heavy atom. The summed E-state index contributed by atoms with van der Waals surface area (Å²) in [4.78, 5) is 71.1. The Morgan fingerprint density at radius 3 is 2.52 bits per heavy atom. The van der Waals surface area contributed by atoms with E-state index in [-0.39, 0.29) is 67.2 Å². The number of esters is 2. The lowest BCUT2D eigenvalue weighted by Gasteiger charge is -2.36. The molecule has 256 valence electrons. The van der Waals surface area contributed by atoms with Crippen LogP contribution in [0.5, 0.6) is 5.75 Å². The van der Waals surface area contributed by atoms with Crippen LogP contribution >= 0.6 is 0 Å². The van der Waals surface area contributed by atoms with E-state index in [2.05, 4.69) is 10.3 Å². The Labute approximate surface area is 275 Å². The van der Waals surface area contributed by atoms with Crippen LogP contribution in [0.4, 0.5) is 14.0 Å². The normalized spacial score (nSPS) is 16.3. The van der Waals surface area contributed by atoms with Crippen molar-refractivity contribution in [1.29, 1.82) is 0 Å². The molecular weight excluding hydrogens is 631 g/mol. The lowest BCUT2D eigenvalue weighted by molar-refractivity contribution is -0.173. The van der Waals surface area contributed by atoms with E-state index in [1.54, 1.807) is 33.8 Å². The Balaban J connectivity index is 1.55. The molecule has 0 saturated carbocycles. The number of nitrogens with zero attached hydrogens (tertiary/aromatic N) is 3. The van der Waals surface area contributed by atoms with Crippen LogP contribution in [0.1, 0.15) is 56.4 Å². The first-order chi connectivity index (χ1) is 22.6. The van der Waals surface area contributed by atoms with Gasteiger partial charge in [-0.05, 0) is 44.9 Å². The van der Waals surface area contributed by atoms with Crippen molar-refractivity contribution in [2.24, 2.45) is 0 Å². The van der Waals surface area contributed by atoms with Gasteiger partial charge in [0.1, 0.15) is 12.2 Å². The van der Waals surface area contributed by atoms with Gasteiger partial charge in [-0.2, -0.15) is 0 Å². The summed E-state index contributed by atoms with van der Waals surface area (Å²) >= 11 is 0. The number of hydrogen-bond donors (Lipinski definition) is 1. The zero-order valence-electron chi connectivity index (χ0n) is 27.8. The summed E-state index contributed by atoms with van der Waals surface area (Å²) in [5.41, 5.74) is -1.15. The number of ether oxygens (including phenoxy) is 5. The van der Waals surface area contributed by atoms with Gasteiger partial charge in [-0.15, -0.1) is 0 Å². The molecule has 15 heteroatoms. The van der Waals surface area contributed by atoms with E-state index in [1.165, 1.54) is 42.9 Å². The number of fused-ring (bicyclic) bond motifs is 5. The van der Waals surface area contributed by atoms with E-state index in [4.69, 9.17) is 23.7 Å². The molecule has 4 heterocycles. The van der Waals surface area contributed by atoms with Crippen molar-refractivity contribution in [2.45, 2.75) is 64.9 Å². The predicted octanol–water partition coefficient (Wildman–Crippen LogP) is 3.54. The Hall–Kier alpha value is -5.21. The van der Waals surface area contributed by atoms with Crippen molar-refractivity contribution in [3.63, 3.8) is 0 Å². The minimum absolute atomic E-state index is 0.0152. The maximum absolute atomic E-state index is 14.8. The fourth-order valence-electron chi connectivity index (χ4n) is 5.85. The van der Waals surface area contributed by atoms with Crippen molar-refractivity contribution in [2.75, 3.05) is 34.4 Å². The molecule has 14 nitrogen and oxygen atoms in total. The summed E-state index contributed by atoms with van der Waals surface area (Å²) in [6, 6.07) is 4.18. The average molecular weight is 669 g/mol. The van der Waals surface area contributed by atoms with Crippen LogP contribution in [0.25, 0.3) is 22.3 Å². The average Bonchev–Trinajstić information content (AvgIpc) is 3.39. The van der Waals surface area contributed by atoms with Gasteiger partial charge in [0.2, 0.25) is 5.60 Å². The second kappa shape index (κ2) is 12.8. The summed E-state index contributed by atoms with van der Waals surface area (Å²) in [6.45, 7) is 6.49. The van der Waals surface area contributed by atoms with Crippen molar-refractivity contribution in [1.82, 2.24) is 19.8 Å². The van der Waals surface area contributed by atoms with Crippen LogP contribution < -0.4 is 15.6 Å². The van der Waals surface area contributed by atoms with Gasteiger partial charge in [0.25, 0.3) is 5.56 Å². The molecule has 2 aliphatic heterocycles. The maximum Gasteiger partial charge on any atom is 0.411 e. The molecule has 0 fully saturated rings. The number of amides is 2. The summed E-state index contributed by atoms with van der Waals surface area (Å²) < 4.78 is 42.8. The number of alkyl carbamates (subject to hydrolysis) is 1. The third-order valence-electron chi connectivity index (χ3n) is 8.28. The van der Waals surface area contributed by atoms with Crippen LogP contribution in [-0.2, 0) is 53.7 Å². The molecule has 5 rings (SSSR count). The molecular formula is C33H37FN4O10. The van der Waals surface area contributed by atoms with E-state index in [0.29, 0.717) is 22.2 Å². The first-order valence-corrected chi connectivity index (χ1v) is 15.3. The monoisotopic (exact) mass is 668 g/mol. The summed E-state index contributed by atoms with van der Waals surface area (Å²) in [5, 5.41) is 3.00. The maximum atomic E-state index is 14.8. The summed E-state index contributed by atoms with van der Waals surface area (Å²) in [6.07, 6.45) is -1.83. The summed E-state index contributed by atoms with van der Waals surface area (Å²) in [7, 11) is 3.99. The number of methoxy groups -OCH3 is 2. The molecule has 2 aromatic heterocycles. The fourth-order valence-corrected chi connectivity index (χ4v) is 5.85. The highest BCUT2D eigenvalue weighted by Gasteiger charge is 2.51. The van der Waals surface area contributed by atoms with Crippen LogP contribution in [0.15, 0.2) is 23.0 Å². The Bertz CT molecular complexity index is 1900. The highest BCUT2D eigenvalue weighted by Crippen LogP contribution is 2.43. The van der Waals surface area contributed by atoms with Gasteiger partial charge in [-0.1, -0.05) is 6.92 Å². The smallest absolute Gasteiger partial charge is 0.411 e. The van der Waals surface area contributed by atoms with Gasteiger partial charge in [0.15, 0.2) is 11.6 Å². The third-order valence-corrected chi connectivity index (χ3v) is 8.28. The van der Waals surface area contributed by atoms with Gasteiger partial charge in [-0.25, -0.2) is 23.8 Å². The topological polar surface area (TPSA) is 165 Å². The molecule has 0 spiro atoms. The number of rotatable bonds is 8. The lowest BCUT2D eigenvalue weighted by Crippen LogP contribution is -2.49. The second-order valence-electron chi connectivity index (χ2n) is 12.5. The molecule has 0 saturated heterocycles. The molecule has 3 aromatic rings. The number of pyridine rings is 2. The molecule has 0 aliphatic carbocycles. The standard InChI is InChI=1S/C33H37FN4O10/c1-8-33(48-31(43)37(5)10-9-35-30(42)47-32(2,3)4)21-13-24-27-19(15-38(24)28(40)20(21)16-46-29(33)41)17(12-26(39)45-7)18-11-25(44-6)22(34)14-23(18)36-27/h11,13-14H,8-10,12,15-16H2,1-7H3,(H,35,42)/t33-/m0/s1. The zero-order chi connectivity index (χ0) is 35.1. The number of benzene rings is 1. The Morgan fingerprint density at radius 1 is 1.15 bits per heavy atom. The van der Waals surface area contributed by atoms with Crippen molar-refractivity contribution in [3.8, 4) is 17.1 Å². The molecule has 2 amide bonds. The predicted molar refractivity (Wildman–Crippen MR) is 168 cm³/mol. The number of carbonyl (C=O) groups is 4. The second-order valence-corrected chi connectivity index (χ2v) is 12.5. The number of hydrogen-bond acceptors (Lipinski definition) is 11. The zero-order valence-corrected chi connectivity index (χ0v) is 27.8. The quantitative estimate of drug-likeness (QED) is 0.216. The van der Waals surface area contributed by atoms with E-state index in [9.17, 15) is 28.4 Å². The van der Waals surface area contributed by atoms with Gasteiger partial charge in [0.05, 0.1) is 49.7 Å². The number of cyclic esters (lactones) is 1. The summed E-state index contributed by atoms with van der Waals surface area (Å²) in [5.74, 6) is -2.14. The molecule has 48 heavy (non-hydrogen) atoms. The lowest BCUT2D eigenvalue weighted by atomic mass is 9.85. The molecule has 0 unspecified atom stereocenters. The van der Waals surface area contributed by atoms with Crippen molar-refractivity contribution in [3.05, 3.63) is 56.6 Å². The molecule has 1 atom stereocenters. The number of carbonyl (C=O) groups excluding carboxylic acids is 4. The molecule has 1 N–H and O–H groups in total. The minimum Gasteiger partial charge on any atom is -0.494 e. The SMILES string of the molecule is CC[C@@]1(OC(=O)N(C)CCNC(=O)OC(C)(C)C)C(=O)OCc2c1cc1n(c2=O)Cc2c-1nc1cc(F)c(OC)cc1c2CC(=O)OC. The van der Waals surface area contributed by atoms with Crippen LogP contribution in [0.2, 0.25) is 0 Å². The molecule has 0 bridgehead atoms. The largest absolute Gasteiger partial charge is 0.494 e. The molecule has 2 aliphatic rings. The highest BCUT2D eigenvalue weighted by molar-refractivity contribution is 5.93. The van der Waals surface area contributed by atoms with Crippen molar-refractivity contribution < 1.29 is 47.3 Å². The third kappa shape index (κ3) is 6.11. The fraction of sp³-hybridized carbons (Fsp3) is 0.455. The van der Waals surface area contributed by atoms with Crippen LogP contribution in [0, 0.1) is 5.82 Å². The first kappa shape index (κ1) is 34.1. The van der Waals surface area contributed by atoms with Gasteiger partial charge < -0.3 is 38.5 Å². The first-order valence-electron chi connectivity index (χ1n) is 15.3. The minimum atomic E-state index is -1.99.